The Morgan fingerprint density at radius 1 is 1.21 bits per heavy atom. The van der Waals surface area contributed by atoms with Gasteiger partial charge in [-0.05, 0) is 55.8 Å². The maximum atomic E-state index is 12.7. The van der Waals surface area contributed by atoms with Gasteiger partial charge in [0.05, 0.1) is 23.6 Å². The van der Waals surface area contributed by atoms with E-state index in [0.717, 1.165) is 21.5 Å². The number of anilines is 1. The van der Waals surface area contributed by atoms with Crippen LogP contribution in [0.15, 0.2) is 63.7 Å². The molecule has 1 amide bonds. The molecule has 0 saturated carbocycles. The van der Waals surface area contributed by atoms with Crippen LogP contribution in [0, 0.1) is 0 Å². The maximum absolute atomic E-state index is 12.7. The van der Waals surface area contributed by atoms with Gasteiger partial charge in [-0.15, -0.1) is 0 Å². The zero-order chi connectivity index (χ0) is 17.1. The molecule has 0 N–H and O–H groups in total. The van der Waals surface area contributed by atoms with E-state index in [-0.39, 0.29) is 5.91 Å². The van der Waals surface area contributed by atoms with Crippen molar-refractivity contribution >= 4 is 39.3 Å². The minimum absolute atomic E-state index is 0.132. The number of carbonyl (C=O) groups is 1. The number of nitrogens with zero attached hydrogens (tertiary/aromatic N) is 2. The van der Waals surface area contributed by atoms with Gasteiger partial charge in [0, 0.05) is 4.47 Å². The molecule has 0 radical (unpaired) electrons. The Bertz CT molecular complexity index is 829. The summed E-state index contributed by atoms with van der Waals surface area (Å²) in [6.07, 6.45) is 1.84. The van der Waals surface area contributed by atoms with Crippen LogP contribution in [-0.2, 0) is 4.79 Å². The molecule has 0 aliphatic carbocycles. The molecule has 0 bridgehead atoms. The molecule has 1 aliphatic rings. The monoisotopic (exact) mass is 384 g/mol. The molecule has 2 aromatic rings. The molecule has 24 heavy (non-hydrogen) atoms. The van der Waals surface area contributed by atoms with Crippen molar-refractivity contribution < 1.29 is 9.53 Å². The van der Waals surface area contributed by atoms with Crippen molar-refractivity contribution in [3.8, 4) is 5.75 Å². The van der Waals surface area contributed by atoms with E-state index in [0.29, 0.717) is 17.9 Å². The Labute approximate surface area is 149 Å². The Kier molecular flexibility index (Phi) is 4.81. The number of carbonyl (C=O) groups excluding carboxylic acids is 1. The SMILES string of the molecule is CCOc1ccc(Br)c(C=C2C(=O)N(c3ccccc3)N=C2C)c1. The smallest absolute Gasteiger partial charge is 0.280 e. The lowest BCUT2D eigenvalue weighted by molar-refractivity contribution is -0.114. The Morgan fingerprint density at radius 3 is 2.67 bits per heavy atom. The number of ether oxygens (including phenoxy) is 1. The number of benzene rings is 2. The van der Waals surface area contributed by atoms with Gasteiger partial charge in [-0.1, -0.05) is 34.1 Å². The maximum Gasteiger partial charge on any atom is 0.280 e. The molecule has 1 aliphatic heterocycles. The van der Waals surface area contributed by atoms with Crippen molar-refractivity contribution in [1.82, 2.24) is 0 Å². The van der Waals surface area contributed by atoms with Gasteiger partial charge < -0.3 is 4.74 Å². The highest BCUT2D eigenvalue weighted by atomic mass is 79.9. The molecule has 5 heteroatoms. The zero-order valence-electron chi connectivity index (χ0n) is 13.5. The van der Waals surface area contributed by atoms with E-state index < -0.39 is 0 Å². The summed E-state index contributed by atoms with van der Waals surface area (Å²) in [5, 5.41) is 5.82. The lowest BCUT2D eigenvalue weighted by Gasteiger charge is -2.11. The molecule has 0 aromatic heterocycles. The summed E-state index contributed by atoms with van der Waals surface area (Å²) in [5.74, 6) is 0.639. The second-order valence-electron chi connectivity index (χ2n) is 5.31. The number of para-hydroxylation sites is 1. The average Bonchev–Trinajstić information content (AvgIpc) is 2.87. The fourth-order valence-electron chi connectivity index (χ4n) is 2.47. The Morgan fingerprint density at radius 2 is 1.96 bits per heavy atom. The third-order valence-electron chi connectivity index (χ3n) is 3.64. The Balaban J connectivity index is 1.96. The first-order chi connectivity index (χ1) is 11.6. The number of rotatable bonds is 4. The van der Waals surface area contributed by atoms with Crippen molar-refractivity contribution in [2.24, 2.45) is 5.10 Å². The molecule has 3 rings (SSSR count). The number of hydrogen-bond donors (Lipinski definition) is 0. The summed E-state index contributed by atoms with van der Waals surface area (Å²) in [5.41, 5.74) is 2.91. The van der Waals surface area contributed by atoms with Crippen molar-refractivity contribution in [3.05, 3.63) is 64.1 Å². The summed E-state index contributed by atoms with van der Waals surface area (Å²) in [4.78, 5) is 12.7. The van der Waals surface area contributed by atoms with E-state index in [1.54, 1.807) is 0 Å². The number of halogens is 1. The molecule has 0 saturated heterocycles. The molecule has 0 spiro atoms. The third kappa shape index (κ3) is 3.26. The van der Waals surface area contributed by atoms with Gasteiger partial charge in [0.25, 0.3) is 5.91 Å². The van der Waals surface area contributed by atoms with Crippen LogP contribution in [0.4, 0.5) is 5.69 Å². The molecule has 2 aromatic carbocycles. The molecule has 0 fully saturated rings. The second kappa shape index (κ2) is 7.01. The van der Waals surface area contributed by atoms with Crippen molar-refractivity contribution in [2.75, 3.05) is 11.6 Å². The van der Waals surface area contributed by atoms with Gasteiger partial charge in [0.2, 0.25) is 0 Å². The number of hydrogen-bond acceptors (Lipinski definition) is 3. The van der Waals surface area contributed by atoms with E-state index in [2.05, 4.69) is 21.0 Å². The Hall–Kier alpha value is -2.40. The topological polar surface area (TPSA) is 41.9 Å². The van der Waals surface area contributed by atoms with E-state index in [4.69, 9.17) is 4.74 Å². The molecular formula is C19H17BrN2O2. The van der Waals surface area contributed by atoms with Crippen molar-refractivity contribution in [3.63, 3.8) is 0 Å². The van der Waals surface area contributed by atoms with Crippen LogP contribution >= 0.6 is 15.9 Å². The second-order valence-corrected chi connectivity index (χ2v) is 6.17. The summed E-state index contributed by atoms with van der Waals surface area (Å²) in [6, 6.07) is 15.1. The molecule has 0 atom stereocenters. The van der Waals surface area contributed by atoms with E-state index in [9.17, 15) is 4.79 Å². The van der Waals surface area contributed by atoms with E-state index in [1.807, 2.05) is 68.5 Å². The fraction of sp³-hybridized carbons (Fsp3) is 0.158. The summed E-state index contributed by atoms with van der Waals surface area (Å²) >= 11 is 3.52. The summed E-state index contributed by atoms with van der Waals surface area (Å²) in [6.45, 7) is 4.38. The van der Waals surface area contributed by atoms with Crippen LogP contribution in [0.1, 0.15) is 19.4 Å². The third-order valence-corrected chi connectivity index (χ3v) is 4.36. The highest BCUT2D eigenvalue weighted by Crippen LogP contribution is 2.28. The quantitative estimate of drug-likeness (QED) is 0.719. The fourth-order valence-corrected chi connectivity index (χ4v) is 2.83. The lowest BCUT2D eigenvalue weighted by atomic mass is 10.1. The van der Waals surface area contributed by atoms with Gasteiger partial charge in [-0.25, -0.2) is 0 Å². The first-order valence-electron chi connectivity index (χ1n) is 7.69. The van der Waals surface area contributed by atoms with Crippen LogP contribution in [0.5, 0.6) is 5.75 Å². The highest BCUT2D eigenvalue weighted by molar-refractivity contribution is 9.10. The van der Waals surface area contributed by atoms with Gasteiger partial charge in [0.1, 0.15) is 5.75 Å². The van der Waals surface area contributed by atoms with Gasteiger partial charge in [-0.2, -0.15) is 10.1 Å². The van der Waals surface area contributed by atoms with Gasteiger partial charge in [0.15, 0.2) is 0 Å². The predicted octanol–water partition coefficient (Wildman–Crippen LogP) is 4.65. The van der Waals surface area contributed by atoms with Crippen LogP contribution in [-0.4, -0.2) is 18.2 Å². The molecule has 1 heterocycles. The van der Waals surface area contributed by atoms with Gasteiger partial charge >= 0.3 is 0 Å². The summed E-state index contributed by atoms with van der Waals surface area (Å²) in [7, 11) is 0. The predicted molar refractivity (Wildman–Crippen MR) is 100 cm³/mol. The molecule has 0 unspecified atom stereocenters. The van der Waals surface area contributed by atoms with E-state index >= 15 is 0 Å². The first kappa shape index (κ1) is 16.5. The molecular weight excluding hydrogens is 368 g/mol. The zero-order valence-corrected chi connectivity index (χ0v) is 15.1. The molecule has 4 nitrogen and oxygen atoms in total. The average molecular weight is 385 g/mol. The number of amides is 1. The van der Waals surface area contributed by atoms with Crippen molar-refractivity contribution in [2.45, 2.75) is 13.8 Å². The van der Waals surface area contributed by atoms with Crippen LogP contribution in [0.3, 0.4) is 0 Å². The standard InChI is InChI=1S/C19H17BrN2O2/c1-3-24-16-9-10-18(20)14(11-16)12-17-13(2)21-22(19(17)23)15-7-5-4-6-8-15/h4-12H,3H2,1-2H3. The number of hydrazone groups is 1. The largest absolute Gasteiger partial charge is 0.494 e. The lowest BCUT2D eigenvalue weighted by Crippen LogP contribution is -2.21. The minimum atomic E-state index is -0.132. The van der Waals surface area contributed by atoms with Crippen LogP contribution < -0.4 is 9.75 Å². The summed E-state index contributed by atoms with van der Waals surface area (Å²) < 4.78 is 6.43. The van der Waals surface area contributed by atoms with Crippen LogP contribution in [0.2, 0.25) is 0 Å². The van der Waals surface area contributed by atoms with Crippen LogP contribution in [0.25, 0.3) is 6.08 Å². The normalized spacial score (nSPS) is 15.8. The van der Waals surface area contributed by atoms with Crippen molar-refractivity contribution in [1.29, 1.82) is 0 Å². The highest BCUT2D eigenvalue weighted by Gasteiger charge is 2.28. The minimum Gasteiger partial charge on any atom is -0.494 e. The van der Waals surface area contributed by atoms with Gasteiger partial charge in [-0.3, -0.25) is 4.79 Å². The van der Waals surface area contributed by atoms with E-state index in [1.165, 1.54) is 5.01 Å². The molecule has 122 valence electrons. The first-order valence-corrected chi connectivity index (χ1v) is 8.48.